The molecule has 0 aliphatic carbocycles. The molecule has 0 bridgehead atoms. The Bertz CT molecular complexity index is 1010. The SMILES string of the molecule is CCNC(=O)Nc1ccc(Cc2ccc(OC)c(-c3cccc(Cl)c3)c2F)cn1. The topological polar surface area (TPSA) is 63.2 Å². The van der Waals surface area contributed by atoms with Crippen LogP contribution in [0.25, 0.3) is 11.1 Å². The molecular weight excluding hydrogens is 393 g/mol. The Morgan fingerprint density at radius 2 is 2.03 bits per heavy atom. The Labute approximate surface area is 173 Å². The number of nitrogens with one attached hydrogen (secondary N) is 2. The first-order chi connectivity index (χ1) is 14.0. The van der Waals surface area contributed by atoms with Crippen LogP contribution in [-0.4, -0.2) is 24.7 Å². The number of rotatable bonds is 6. The van der Waals surface area contributed by atoms with Gasteiger partial charge < -0.3 is 10.1 Å². The number of urea groups is 1. The number of amides is 2. The van der Waals surface area contributed by atoms with Crippen LogP contribution in [0.2, 0.25) is 5.02 Å². The zero-order valence-corrected chi connectivity index (χ0v) is 16.9. The number of anilines is 1. The van der Waals surface area contributed by atoms with Crippen molar-refractivity contribution in [3.63, 3.8) is 0 Å². The minimum Gasteiger partial charge on any atom is -0.496 e. The molecule has 0 unspecified atom stereocenters. The third-order valence-corrected chi connectivity index (χ3v) is 4.55. The van der Waals surface area contributed by atoms with Crippen molar-refractivity contribution in [2.75, 3.05) is 19.0 Å². The fourth-order valence-corrected chi connectivity index (χ4v) is 3.16. The summed E-state index contributed by atoms with van der Waals surface area (Å²) < 4.78 is 20.7. The first-order valence-corrected chi connectivity index (χ1v) is 9.50. The number of halogens is 2. The fourth-order valence-electron chi connectivity index (χ4n) is 2.97. The molecule has 0 fully saturated rings. The molecule has 2 aromatic carbocycles. The molecule has 0 radical (unpaired) electrons. The molecule has 1 heterocycles. The summed E-state index contributed by atoms with van der Waals surface area (Å²) in [6.45, 7) is 2.35. The molecular formula is C22H21ClFN3O2. The monoisotopic (exact) mass is 413 g/mol. The Kier molecular flexibility index (Phi) is 6.67. The van der Waals surface area contributed by atoms with E-state index in [1.54, 1.807) is 54.7 Å². The summed E-state index contributed by atoms with van der Waals surface area (Å²) in [4.78, 5) is 15.8. The van der Waals surface area contributed by atoms with Crippen molar-refractivity contribution in [3.8, 4) is 16.9 Å². The minimum absolute atomic E-state index is 0.319. The van der Waals surface area contributed by atoms with Crippen LogP contribution in [0.15, 0.2) is 54.7 Å². The number of ether oxygens (including phenoxy) is 1. The molecule has 0 aliphatic rings. The molecule has 3 rings (SSSR count). The number of methoxy groups -OCH3 is 1. The highest BCUT2D eigenvalue weighted by atomic mass is 35.5. The van der Waals surface area contributed by atoms with Gasteiger partial charge in [-0.15, -0.1) is 0 Å². The van der Waals surface area contributed by atoms with Gasteiger partial charge in [-0.3, -0.25) is 5.32 Å². The fraction of sp³-hybridized carbons (Fsp3) is 0.182. The molecule has 0 aliphatic heterocycles. The Morgan fingerprint density at radius 3 is 2.69 bits per heavy atom. The Morgan fingerprint density at radius 1 is 1.21 bits per heavy atom. The van der Waals surface area contributed by atoms with Crippen molar-refractivity contribution in [2.24, 2.45) is 0 Å². The van der Waals surface area contributed by atoms with Gasteiger partial charge in [0, 0.05) is 24.2 Å². The zero-order chi connectivity index (χ0) is 20.8. The van der Waals surface area contributed by atoms with Crippen LogP contribution in [0.3, 0.4) is 0 Å². The van der Waals surface area contributed by atoms with Gasteiger partial charge >= 0.3 is 6.03 Å². The van der Waals surface area contributed by atoms with Crippen LogP contribution in [0.4, 0.5) is 15.0 Å². The summed E-state index contributed by atoms with van der Waals surface area (Å²) in [6, 6.07) is 13.6. The summed E-state index contributed by atoms with van der Waals surface area (Å²) in [5.41, 5.74) is 2.34. The van der Waals surface area contributed by atoms with E-state index in [1.165, 1.54) is 7.11 Å². The molecule has 2 amide bonds. The zero-order valence-electron chi connectivity index (χ0n) is 16.1. The van der Waals surface area contributed by atoms with E-state index in [9.17, 15) is 4.79 Å². The summed E-state index contributed by atoms with van der Waals surface area (Å²) in [6.07, 6.45) is 1.96. The van der Waals surface area contributed by atoms with Crippen molar-refractivity contribution < 1.29 is 13.9 Å². The van der Waals surface area contributed by atoms with Gasteiger partial charge in [0.1, 0.15) is 17.4 Å². The first-order valence-electron chi connectivity index (χ1n) is 9.13. The van der Waals surface area contributed by atoms with Gasteiger partial charge in [-0.05, 0) is 47.9 Å². The Hall–Kier alpha value is -3.12. The van der Waals surface area contributed by atoms with Crippen molar-refractivity contribution in [1.82, 2.24) is 10.3 Å². The normalized spacial score (nSPS) is 10.5. The lowest BCUT2D eigenvalue weighted by atomic mass is 9.97. The molecule has 0 saturated carbocycles. The highest BCUT2D eigenvalue weighted by Crippen LogP contribution is 2.36. The predicted octanol–water partition coefficient (Wildman–Crippen LogP) is 5.28. The quantitative estimate of drug-likeness (QED) is 0.577. The van der Waals surface area contributed by atoms with Gasteiger partial charge in [-0.2, -0.15) is 0 Å². The molecule has 7 heteroatoms. The van der Waals surface area contributed by atoms with Crippen LogP contribution in [0.1, 0.15) is 18.1 Å². The molecule has 0 saturated heterocycles. The van der Waals surface area contributed by atoms with Gasteiger partial charge in [0.2, 0.25) is 0 Å². The highest BCUT2D eigenvalue weighted by Gasteiger charge is 2.17. The highest BCUT2D eigenvalue weighted by molar-refractivity contribution is 6.30. The average Bonchev–Trinajstić information content (AvgIpc) is 2.71. The van der Waals surface area contributed by atoms with E-state index in [-0.39, 0.29) is 11.8 Å². The second-order valence-corrected chi connectivity index (χ2v) is 6.78. The van der Waals surface area contributed by atoms with Crippen LogP contribution < -0.4 is 15.4 Å². The maximum absolute atomic E-state index is 15.4. The molecule has 2 N–H and O–H groups in total. The predicted molar refractivity (Wildman–Crippen MR) is 113 cm³/mol. The Balaban J connectivity index is 1.86. The third-order valence-electron chi connectivity index (χ3n) is 4.32. The van der Waals surface area contributed by atoms with Crippen molar-refractivity contribution in [1.29, 1.82) is 0 Å². The minimum atomic E-state index is -0.365. The number of hydrogen-bond donors (Lipinski definition) is 2. The molecule has 29 heavy (non-hydrogen) atoms. The van der Waals surface area contributed by atoms with Crippen LogP contribution >= 0.6 is 11.6 Å². The van der Waals surface area contributed by atoms with Crippen molar-refractivity contribution >= 4 is 23.4 Å². The lowest BCUT2D eigenvalue weighted by Crippen LogP contribution is -2.28. The smallest absolute Gasteiger partial charge is 0.320 e. The van der Waals surface area contributed by atoms with E-state index in [1.807, 2.05) is 6.92 Å². The summed E-state index contributed by atoms with van der Waals surface area (Å²) in [5, 5.41) is 5.79. The largest absolute Gasteiger partial charge is 0.496 e. The maximum Gasteiger partial charge on any atom is 0.320 e. The van der Waals surface area contributed by atoms with Gasteiger partial charge in [-0.25, -0.2) is 14.2 Å². The lowest BCUT2D eigenvalue weighted by molar-refractivity contribution is 0.252. The maximum atomic E-state index is 15.4. The number of carbonyl (C=O) groups excluding carboxylic acids is 1. The second kappa shape index (κ2) is 9.39. The molecule has 1 aromatic heterocycles. The summed E-state index contributed by atoms with van der Waals surface area (Å²) >= 11 is 6.08. The molecule has 0 atom stereocenters. The van der Waals surface area contributed by atoms with Crippen molar-refractivity contribution in [3.05, 3.63) is 76.7 Å². The molecule has 3 aromatic rings. The van der Waals surface area contributed by atoms with E-state index < -0.39 is 0 Å². The van der Waals surface area contributed by atoms with Crippen LogP contribution in [-0.2, 0) is 6.42 Å². The van der Waals surface area contributed by atoms with E-state index in [0.717, 1.165) is 5.56 Å². The van der Waals surface area contributed by atoms with Gasteiger partial charge in [0.25, 0.3) is 0 Å². The number of pyridine rings is 1. The lowest BCUT2D eigenvalue weighted by Gasteiger charge is -2.14. The number of carbonyl (C=O) groups is 1. The molecule has 5 nitrogen and oxygen atoms in total. The van der Waals surface area contributed by atoms with E-state index >= 15 is 4.39 Å². The van der Waals surface area contributed by atoms with Gasteiger partial charge in [-0.1, -0.05) is 35.9 Å². The first kappa shape index (κ1) is 20.6. The number of hydrogen-bond acceptors (Lipinski definition) is 3. The van der Waals surface area contributed by atoms with Crippen molar-refractivity contribution in [2.45, 2.75) is 13.3 Å². The average molecular weight is 414 g/mol. The third kappa shape index (κ3) is 5.03. The van der Waals surface area contributed by atoms with Crippen LogP contribution in [0.5, 0.6) is 5.75 Å². The standard InChI is InChI=1S/C22H21ClFN3O2/c1-3-25-22(28)27-19-10-7-14(13-26-19)11-16-8-9-18(29-2)20(21(16)24)15-5-4-6-17(23)12-15/h4-10,12-13H,3,11H2,1-2H3,(H2,25,26,27,28). The summed E-state index contributed by atoms with van der Waals surface area (Å²) in [5.74, 6) is 0.499. The number of nitrogens with zero attached hydrogens (tertiary/aromatic N) is 1. The molecule has 150 valence electrons. The van der Waals surface area contributed by atoms with E-state index in [0.29, 0.717) is 46.2 Å². The molecule has 0 spiro atoms. The van der Waals surface area contributed by atoms with Gasteiger partial charge in [0.05, 0.1) is 12.7 Å². The van der Waals surface area contributed by atoms with Gasteiger partial charge in [0.15, 0.2) is 0 Å². The summed E-state index contributed by atoms with van der Waals surface area (Å²) in [7, 11) is 1.51. The number of aromatic nitrogens is 1. The van der Waals surface area contributed by atoms with E-state index in [4.69, 9.17) is 16.3 Å². The van der Waals surface area contributed by atoms with Crippen LogP contribution in [0, 0.1) is 5.82 Å². The number of benzene rings is 2. The van der Waals surface area contributed by atoms with E-state index in [2.05, 4.69) is 15.6 Å². The second-order valence-electron chi connectivity index (χ2n) is 6.34.